The molecule has 0 aliphatic carbocycles. The van der Waals surface area contributed by atoms with E-state index in [1.165, 1.54) is 0 Å². The lowest BCUT2D eigenvalue weighted by molar-refractivity contribution is -0.116. The molecule has 0 aromatic heterocycles. The van der Waals surface area contributed by atoms with Gasteiger partial charge in [-0.25, -0.2) is 0 Å². The van der Waals surface area contributed by atoms with E-state index in [2.05, 4.69) is 27.8 Å². The molecule has 3 nitrogen and oxygen atoms in total. The average Bonchev–Trinajstić information content (AvgIpc) is 2.35. The molecular weight excluding hydrogens is 294 g/mol. The van der Waals surface area contributed by atoms with E-state index in [0.29, 0.717) is 12.4 Å². The van der Waals surface area contributed by atoms with Gasteiger partial charge in [0, 0.05) is 11.8 Å². The predicted molar refractivity (Wildman–Crippen MR) is 78.3 cm³/mol. The van der Waals surface area contributed by atoms with Crippen LogP contribution in [0.3, 0.4) is 0 Å². The van der Waals surface area contributed by atoms with Crippen LogP contribution >= 0.6 is 15.9 Å². The van der Waals surface area contributed by atoms with E-state index in [1.807, 2.05) is 32.0 Å². The second kappa shape index (κ2) is 7.21. The molecule has 1 aromatic rings. The normalized spacial score (nSPS) is 12.0. The molecule has 0 bridgehead atoms. The Kier molecular flexibility index (Phi) is 5.92. The number of carbonyl (C=O) groups is 1. The summed E-state index contributed by atoms with van der Waals surface area (Å²) >= 11 is 3.37. The molecule has 0 aliphatic rings. The highest BCUT2D eigenvalue weighted by atomic mass is 79.9. The van der Waals surface area contributed by atoms with Crippen molar-refractivity contribution in [3.63, 3.8) is 0 Å². The van der Waals surface area contributed by atoms with E-state index < -0.39 is 0 Å². The largest absolute Gasteiger partial charge is 0.489 e. The number of halogens is 1. The van der Waals surface area contributed by atoms with Crippen molar-refractivity contribution in [1.29, 1.82) is 0 Å². The topological polar surface area (TPSA) is 38.3 Å². The summed E-state index contributed by atoms with van der Waals surface area (Å²) in [5.74, 6) is 0.902. The van der Waals surface area contributed by atoms with E-state index in [1.54, 1.807) is 12.1 Å². The first-order valence-electron chi connectivity index (χ1n) is 5.83. The van der Waals surface area contributed by atoms with Crippen LogP contribution in [0.4, 0.5) is 5.69 Å². The molecule has 0 saturated heterocycles. The quantitative estimate of drug-likeness (QED) is 0.644. The second-order valence-electron chi connectivity index (χ2n) is 4.26. The van der Waals surface area contributed by atoms with Gasteiger partial charge in [0.25, 0.3) is 0 Å². The maximum Gasteiger partial charge on any atom is 0.238 e. The smallest absolute Gasteiger partial charge is 0.238 e. The molecule has 1 aromatic carbocycles. The van der Waals surface area contributed by atoms with Gasteiger partial charge in [0.05, 0.1) is 4.83 Å². The van der Waals surface area contributed by atoms with Crippen LogP contribution in [-0.2, 0) is 4.79 Å². The van der Waals surface area contributed by atoms with Crippen LogP contribution in [-0.4, -0.2) is 17.3 Å². The van der Waals surface area contributed by atoms with Gasteiger partial charge in [0.1, 0.15) is 12.4 Å². The average molecular weight is 312 g/mol. The molecule has 1 unspecified atom stereocenters. The fourth-order valence-corrected chi connectivity index (χ4v) is 1.45. The first kappa shape index (κ1) is 14.8. The summed E-state index contributed by atoms with van der Waals surface area (Å²) in [6.07, 6.45) is 1.68. The van der Waals surface area contributed by atoms with Crippen molar-refractivity contribution >= 4 is 27.5 Å². The van der Waals surface area contributed by atoms with Crippen LogP contribution in [0.15, 0.2) is 36.9 Å². The zero-order valence-corrected chi connectivity index (χ0v) is 12.2. The van der Waals surface area contributed by atoms with Crippen LogP contribution in [0.25, 0.3) is 0 Å². The van der Waals surface area contributed by atoms with E-state index in [-0.39, 0.29) is 16.7 Å². The summed E-state index contributed by atoms with van der Waals surface area (Å²) in [7, 11) is 0. The van der Waals surface area contributed by atoms with Crippen molar-refractivity contribution in [1.82, 2.24) is 0 Å². The highest BCUT2D eigenvalue weighted by Gasteiger charge is 2.18. The van der Waals surface area contributed by atoms with Crippen LogP contribution < -0.4 is 10.1 Å². The maximum absolute atomic E-state index is 11.9. The van der Waals surface area contributed by atoms with Crippen molar-refractivity contribution in [3.8, 4) is 5.75 Å². The number of hydrogen-bond acceptors (Lipinski definition) is 2. The summed E-state index contributed by atoms with van der Waals surface area (Å²) in [5.41, 5.74) is 0.728. The van der Waals surface area contributed by atoms with Crippen molar-refractivity contribution in [3.05, 3.63) is 36.9 Å². The zero-order chi connectivity index (χ0) is 13.5. The van der Waals surface area contributed by atoms with Crippen LogP contribution in [0.1, 0.15) is 13.8 Å². The first-order valence-corrected chi connectivity index (χ1v) is 6.75. The summed E-state index contributed by atoms with van der Waals surface area (Å²) < 4.78 is 5.40. The Hall–Kier alpha value is -1.29. The minimum atomic E-state index is -0.199. The summed E-state index contributed by atoms with van der Waals surface area (Å²) in [5, 5.41) is 2.85. The van der Waals surface area contributed by atoms with Crippen molar-refractivity contribution in [2.24, 2.45) is 5.92 Å². The third kappa shape index (κ3) is 4.53. The first-order chi connectivity index (χ1) is 8.54. The van der Waals surface area contributed by atoms with E-state index in [9.17, 15) is 4.79 Å². The Bertz CT molecular complexity index is 418. The van der Waals surface area contributed by atoms with Crippen molar-refractivity contribution in [2.45, 2.75) is 18.7 Å². The molecule has 4 heteroatoms. The number of hydrogen-bond donors (Lipinski definition) is 1. The Morgan fingerprint density at radius 2 is 2.28 bits per heavy atom. The van der Waals surface area contributed by atoms with Crippen molar-refractivity contribution < 1.29 is 9.53 Å². The number of ether oxygens (including phenoxy) is 1. The predicted octanol–water partition coefficient (Wildman–Crippen LogP) is 3.61. The lowest BCUT2D eigenvalue weighted by atomic mass is 10.1. The molecule has 0 spiro atoms. The van der Waals surface area contributed by atoms with Gasteiger partial charge < -0.3 is 10.1 Å². The number of alkyl halides is 1. The number of amides is 1. The molecule has 18 heavy (non-hydrogen) atoms. The van der Waals surface area contributed by atoms with Gasteiger partial charge in [-0.2, -0.15) is 0 Å². The van der Waals surface area contributed by atoms with Gasteiger partial charge >= 0.3 is 0 Å². The van der Waals surface area contributed by atoms with E-state index >= 15 is 0 Å². The zero-order valence-electron chi connectivity index (χ0n) is 10.7. The van der Waals surface area contributed by atoms with Gasteiger partial charge in [-0.1, -0.05) is 48.5 Å². The second-order valence-corrected chi connectivity index (χ2v) is 5.25. The van der Waals surface area contributed by atoms with Gasteiger partial charge in [-0.05, 0) is 18.1 Å². The standard InChI is InChI=1S/C14H18BrNO2/c1-4-8-18-12-7-5-6-11(9-12)16-14(17)13(15)10(2)3/h4-7,9-10,13H,1,8H2,2-3H3,(H,16,17). The molecule has 1 atom stereocenters. The highest BCUT2D eigenvalue weighted by Crippen LogP contribution is 2.19. The Balaban J connectivity index is 2.67. The molecule has 0 aliphatic heterocycles. The molecule has 0 heterocycles. The SMILES string of the molecule is C=CCOc1cccc(NC(=O)C(Br)C(C)C)c1. The number of nitrogens with one attached hydrogen (secondary N) is 1. The molecule has 0 fully saturated rings. The lowest BCUT2D eigenvalue weighted by Gasteiger charge is -2.14. The van der Waals surface area contributed by atoms with Gasteiger partial charge in [-0.15, -0.1) is 0 Å². The van der Waals surface area contributed by atoms with Crippen molar-refractivity contribution in [2.75, 3.05) is 11.9 Å². The fraction of sp³-hybridized carbons (Fsp3) is 0.357. The molecule has 1 amide bonds. The van der Waals surface area contributed by atoms with Gasteiger partial charge in [0.15, 0.2) is 0 Å². The third-order valence-electron chi connectivity index (χ3n) is 2.31. The summed E-state index contributed by atoms with van der Waals surface area (Å²) in [6, 6.07) is 7.31. The monoisotopic (exact) mass is 311 g/mol. The van der Waals surface area contributed by atoms with E-state index in [0.717, 1.165) is 5.69 Å². The fourth-order valence-electron chi connectivity index (χ4n) is 1.33. The number of benzene rings is 1. The summed E-state index contributed by atoms with van der Waals surface area (Å²) in [6.45, 7) is 8.01. The van der Waals surface area contributed by atoms with Gasteiger partial charge in [0.2, 0.25) is 5.91 Å². The Morgan fingerprint density at radius 1 is 1.56 bits per heavy atom. The van der Waals surface area contributed by atoms with Crippen LogP contribution in [0.2, 0.25) is 0 Å². The number of anilines is 1. The van der Waals surface area contributed by atoms with Crippen LogP contribution in [0, 0.1) is 5.92 Å². The molecule has 0 radical (unpaired) electrons. The molecule has 98 valence electrons. The summed E-state index contributed by atoms with van der Waals surface area (Å²) in [4.78, 5) is 11.7. The molecular formula is C14H18BrNO2. The Labute approximate surface area is 116 Å². The number of rotatable bonds is 6. The lowest BCUT2D eigenvalue weighted by Crippen LogP contribution is -2.26. The van der Waals surface area contributed by atoms with E-state index in [4.69, 9.17) is 4.74 Å². The van der Waals surface area contributed by atoms with Gasteiger partial charge in [-0.3, -0.25) is 4.79 Å². The minimum Gasteiger partial charge on any atom is -0.489 e. The Morgan fingerprint density at radius 3 is 2.89 bits per heavy atom. The molecule has 1 N–H and O–H groups in total. The van der Waals surface area contributed by atoms with Crippen LogP contribution in [0.5, 0.6) is 5.75 Å². The minimum absolute atomic E-state index is 0.0501. The maximum atomic E-state index is 11.9. The molecule has 1 rings (SSSR count). The number of carbonyl (C=O) groups excluding carboxylic acids is 1. The third-order valence-corrected chi connectivity index (χ3v) is 3.78. The molecule has 0 saturated carbocycles. The highest BCUT2D eigenvalue weighted by molar-refractivity contribution is 9.10.